The Hall–Kier alpha value is -1.87. The van der Waals surface area contributed by atoms with Gasteiger partial charge in [-0.25, -0.2) is 4.98 Å². The second kappa shape index (κ2) is 5.82. The third kappa shape index (κ3) is 2.64. The Bertz CT molecular complexity index is 849. The zero-order valence-corrected chi connectivity index (χ0v) is 15.0. The number of nitrogens with zero attached hydrogens (tertiary/aromatic N) is 1. The van der Waals surface area contributed by atoms with Gasteiger partial charge in [0.25, 0.3) is 0 Å². The third-order valence-electron chi connectivity index (χ3n) is 5.23. The molecular weight excluding hydrogens is 371 g/mol. The fraction of sp³-hybridized carbons (Fsp3) is 0.471. The molecule has 9 heteroatoms. The van der Waals surface area contributed by atoms with Crippen LogP contribution in [0.3, 0.4) is 0 Å². The molecule has 1 aromatic heterocycles. The number of pyridine rings is 1. The molecular formula is C17H16F3NO4S. The van der Waals surface area contributed by atoms with Gasteiger partial charge < -0.3 is 9.66 Å². The minimum atomic E-state index is -4.66. The van der Waals surface area contributed by atoms with Crippen LogP contribution in [0.15, 0.2) is 23.5 Å². The van der Waals surface area contributed by atoms with E-state index in [-0.39, 0.29) is 22.9 Å². The minimum absolute atomic E-state index is 0.198. The zero-order chi connectivity index (χ0) is 19.6. The number of aliphatic hydroxyl groups is 1. The van der Waals surface area contributed by atoms with Gasteiger partial charge in [-0.05, 0) is 43.6 Å². The van der Waals surface area contributed by atoms with Crippen LogP contribution < -0.4 is 0 Å². The van der Waals surface area contributed by atoms with Gasteiger partial charge in [-0.3, -0.25) is 9.59 Å². The molecule has 1 aromatic rings. The van der Waals surface area contributed by atoms with E-state index in [9.17, 15) is 32.4 Å². The number of fused-ring (bicyclic) bond motifs is 1. The van der Waals surface area contributed by atoms with Crippen LogP contribution in [0, 0.1) is 18.8 Å². The molecule has 0 aliphatic heterocycles. The average Bonchev–Trinajstić information content (AvgIpc) is 3.33. The summed E-state index contributed by atoms with van der Waals surface area (Å²) in [6.07, 6.45) is -2.86. The molecule has 2 aliphatic rings. The number of hydrogen-bond acceptors (Lipinski definition) is 5. The van der Waals surface area contributed by atoms with Crippen LogP contribution in [-0.4, -0.2) is 37.2 Å². The van der Waals surface area contributed by atoms with Crippen LogP contribution in [-0.2, 0) is 22.1 Å². The highest BCUT2D eigenvalue weighted by atomic mass is 32.2. The first-order valence-corrected chi connectivity index (χ1v) is 9.37. The lowest BCUT2D eigenvalue weighted by atomic mass is 9.83. The van der Waals surface area contributed by atoms with E-state index in [0.717, 1.165) is 6.07 Å². The normalized spacial score (nSPS) is 29.4. The van der Waals surface area contributed by atoms with Crippen molar-refractivity contribution in [3.63, 3.8) is 0 Å². The van der Waals surface area contributed by atoms with Gasteiger partial charge in [0.2, 0.25) is 11.6 Å². The molecule has 0 saturated heterocycles. The SMILES string of the molecule is Cc1nc(C(F)(F)F)ccc1C(=O)C1=C(O)C2CC2C(C)([S+](C)[O-])C1=O. The van der Waals surface area contributed by atoms with Crippen LogP contribution in [0.25, 0.3) is 0 Å². The highest BCUT2D eigenvalue weighted by Gasteiger charge is 2.67. The van der Waals surface area contributed by atoms with Crippen LogP contribution in [0.1, 0.15) is 35.1 Å². The van der Waals surface area contributed by atoms with Crippen LogP contribution >= 0.6 is 0 Å². The van der Waals surface area contributed by atoms with Crippen molar-refractivity contribution >= 4 is 22.7 Å². The van der Waals surface area contributed by atoms with E-state index in [4.69, 9.17) is 0 Å². The molecule has 0 amide bonds. The van der Waals surface area contributed by atoms with Crippen LogP contribution in [0.2, 0.25) is 0 Å². The van der Waals surface area contributed by atoms with Crippen molar-refractivity contribution in [2.45, 2.75) is 31.2 Å². The van der Waals surface area contributed by atoms with E-state index in [1.54, 1.807) is 0 Å². The van der Waals surface area contributed by atoms with Crippen molar-refractivity contribution in [1.82, 2.24) is 4.98 Å². The van der Waals surface area contributed by atoms with Gasteiger partial charge in [0.15, 0.2) is 4.75 Å². The Morgan fingerprint density at radius 1 is 1.42 bits per heavy atom. The number of carbonyl (C=O) groups is 2. The predicted molar refractivity (Wildman–Crippen MR) is 87.0 cm³/mol. The lowest BCUT2D eigenvalue weighted by Gasteiger charge is -2.32. The molecule has 140 valence electrons. The maximum Gasteiger partial charge on any atom is 0.433 e. The number of aryl methyl sites for hydroxylation is 1. The van der Waals surface area contributed by atoms with Crippen molar-refractivity contribution in [2.75, 3.05) is 6.26 Å². The summed E-state index contributed by atoms with van der Waals surface area (Å²) in [5, 5.41) is 10.3. The average molecular weight is 387 g/mol. The monoisotopic (exact) mass is 387 g/mol. The molecule has 5 nitrogen and oxygen atoms in total. The maximum atomic E-state index is 12.9. The van der Waals surface area contributed by atoms with E-state index in [1.165, 1.54) is 20.1 Å². The lowest BCUT2D eigenvalue weighted by molar-refractivity contribution is -0.141. The number of carbonyl (C=O) groups excluding carboxylic acids is 2. The molecule has 1 heterocycles. The predicted octanol–water partition coefficient (Wildman–Crippen LogP) is 2.76. The minimum Gasteiger partial charge on any atom is -0.616 e. The first-order chi connectivity index (χ1) is 11.9. The summed E-state index contributed by atoms with van der Waals surface area (Å²) >= 11 is -1.58. The van der Waals surface area contributed by atoms with Crippen molar-refractivity contribution in [1.29, 1.82) is 0 Å². The highest BCUT2D eigenvalue weighted by molar-refractivity contribution is 7.93. The third-order valence-corrected chi connectivity index (χ3v) is 6.91. The van der Waals surface area contributed by atoms with Gasteiger partial charge in [0, 0.05) is 23.1 Å². The Morgan fingerprint density at radius 3 is 2.54 bits per heavy atom. The Balaban J connectivity index is 2.05. The molecule has 1 N–H and O–H groups in total. The smallest absolute Gasteiger partial charge is 0.433 e. The van der Waals surface area contributed by atoms with E-state index in [1.807, 2.05) is 0 Å². The van der Waals surface area contributed by atoms with Gasteiger partial charge in [-0.1, -0.05) is 0 Å². The van der Waals surface area contributed by atoms with Gasteiger partial charge in [0.05, 0.1) is 6.26 Å². The summed E-state index contributed by atoms with van der Waals surface area (Å²) in [6.45, 7) is 2.72. The molecule has 1 fully saturated rings. The largest absolute Gasteiger partial charge is 0.616 e. The molecule has 26 heavy (non-hydrogen) atoms. The Kier molecular flexibility index (Phi) is 4.23. The number of alkyl halides is 3. The first-order valence-electron chi connectivity index (χ1n) is 7.81. The summed E-state index contributed by atoms with van der Waals surface area (Å²) in [7, 11) is 0. The summed E-state index contributed by atoms with van der Waals surface area (Å²) in [4.78, 5) is 29.1. The van der Waals surface area contributed by atoms with Crippen molar-refractivity contribution < 1.29 is 32.4 Å². The van der Waals surface area contributed by atoms with Crippen molar-refractivity contribution in [3.05, 3.63) is 40.4 Å². The number of hydrogen-bond donors (Lipinski definition) is 1. The molecule has 3 rings (SSSR count). The van der Waals surface area contributed by atoms with Crippen LogP contribution in [0.4, 0.5) is 13.2 Å². The summed E-state index contributed by atoms with van der Waals surface area (Å²) < 4.78 is 49.1. The summed E-state index contributed by atoms with van der Waals surface area (Å²) in [6, 6.07) is 1.60. The van der Waals surface area contributed by atoms with Gasteiger partial charge in [-0.15, -0.1) is 0 Å². The quantitative estimate of drug-likeness (QED) is 0.489. The van der Waals surface area contributed by atoms with Gasteiger partial charge >= 0.3 is 6.18 Å². The number of rotatable bonds is 3. The van der Waals surface area contributed by atoms with Crippen molar-refractivity contribution in [2.24, 2.45) is 11.8 Å². The summed E-state index contributed by atoms with van der Waals surface area (Å²) in [5.41, 5.74) is -2.04. The van der Waals surface area contributed by atoms with E-state index in [0.29, 0.717) is 12.5 Å². The number of allylic oxidation sites excluding steroid dienone is 2. The number of aromatic nitrogens is 1. The molecule has 4 unspecified atom stereocenters. The molecule has 0 bridgehead atoms. The highest BCUT2D eigenvalue weighted by Crippen LogP contribution is 2.57. The number of aliphatic hydroxyl groups excluding tert-OH is 1. The Labute approximate surface area is 150 Å². The van der Waals surface area contributed by atoms with E-state index in [2.05, 4.69) is 4.98 Å². The molecule has 2 aliphatic carbocycles. The van der Waals surface area contributed by atoms with Gasteiger partial charge in [-0.2, -0.15) is 13.2 Å². The zero-order valence-electron chi connectivity index (χ0n) is 14.2. The molecule has 0 radical (unpaired) electrons. The maximum absolute atomic E-state index is 12.9. The molecule has 0 spiro atoms. The molecule has 0 aromatic carbocycles. The summed E-state index contributed by atoms with van der Waals surface area (Å²) in [5.74, 6) is -2.73. The van der Waals surface area contributed by atoms with E-state index < -0.39 is 50.9 Å². The van der Waals surface area contributed by atoms with Gasteiger partial charge in [0.1, 0.15) is 17.0 Å². The molecule has 4 atom stereocenters. The number of Topliss-reactive ketones (excluding diaryl/α,β-unsaturated/α-hetero) is 2. The second-order valence-electron chi connectivity index (χ2n) is 6.76. The number of halogens is 3. The first kappa shape index (κ1) is 18.9. The number of ketones is 2. The van der Waals surface area contributed by atoms with E-state index >= 15 is 0 Å². The Morgan fingerprint density at radius 2 is 2.04 bits per heavy atom. The second-order valence-corrected chi connectivity index (χ2v) is 8.51. The van der Waals surface area contributed by atoms with Crippen LogP contribution in [0.5, 0.6) is 0 Å². The standard InChI is InChI=1S/C17H16F3NO4S/c1-7-8(4-5-11(21-7)17(18,19)20)13(22)12-14(23)9-6-10(9)16(2,15(12)24)26(3)25/h4-5,9-10,23H,6H2,1-3H3. The fourth-order valence-corrected chi connectivity index (χ4v) is 4.53. The molecule has 1 saturated carbocycles. The fourth-order valence-electron chi connectivity index (χ4n) is 3.48. The topological polar surface area (TPSA) is 90.3 Å². The lowest BCUT2D eigenvalue weighted by Crippen LogP contribution is -2.50. The van der Waals surface area contributed by atoms with Crippen molar-refractivity contribution in [3.8, 4) is 0 Å².